The predicted molar refractivity (Wildman–Crippen MR) is 80.7 cm³/mol. The number of ether oxygens (including phenoxy) is 2. The van der Waals surface area contributed by atoms with Gasteiger partial charge in [-0.1, -0.05) is 0 Å². The first-order valence-corrected chi connectivity index (χ1v) is 10.0. The van der Waals surface area contributed by atoms with Gasteiger partial charge < -0.3 is 19.1 Å². The Labute approximate surface area is 140 Å². The molecule has 24 heavy (non-hydrogen) atoms. The fraction of sp³-hybridized carbons (Fsp3) is 0.900. The summed E-state index contributed by atoms with van der Waals surface area (Å²) in [6, 6.07) is 0. The highest BCUT2D eigenvalue weighted by Gasteiger charge is 2.90. The third-order valence-electron chi connectivity index (χ3n) is 10.4. The standard InChI is InChI=1S/C20H22O4/c21-5-19-15-7-1-3-9-11(7)17-13(15)14-16(20(17,6-22)23-9)8-2-4-10(24-19)12(8)18(14)19/h5-18H,1-4H2/t7?,8?,9?,10?,11?,12?,13?,14?,15?,16?,17?,18?,19-,20?/m1/s1. The molecule has 0 aromatic heterocycles. The van der Waals surface area contributed by atoms with Crippen molar-refractivity contribution in [1.29, 1.82) is 0 Å². The van der Waals surface area contributed by atoms with Crippen LogP contribution in [0.25, 0.3) is 0 Å². The van der Waals surface area contributed by atoms with E-state index >= 15 is 0 Å². The van der Waals surface area contributed by atoms with Gasteiger partial charge in [-0.25, -0.2) is 0 Å². The lowest BCUT2D eigenvalue weighted by molar-refractivity contribution is -0.150. The van der Waals surface area contributed by atoms with Gasteiger partial charge in [-0.2, -0.15) is 0 Å². The van der Waals surface area contributed by atoms with Crippen LogP contribution in [0.15, 0.2) is 0 Å². The first-order chi connectivity index (χ1) is 11.8. The zero-order chi connectivity index (χ0) is 15.6. The Kier molecular flexibility index (Phi) is 1.73. The van der Waals surface area contributed by atoms with Gasteiger partial charge in [0.1, 0.15) is 11.2 Å². The van der Waals surface area contributed by atoms with Gasteiger partial charge in [0.25, 0.3) is 0 Å². The van der Waals surface area contributed by atoms with Gasteiger partial charge in [0.2, 0.25) is 0 Å². The molecule has 0 radical (unpaired) electrons. The van der Waals surface area contributed by atoms with Crippen molar-refractivity contribution in [2.75, 3.05) is 0 Å². The lowest BCUT2D eigenvalue weighted by atomic mass is 9.72. The second-order valence-electron chi connectivity index (χ2n) is 10.2. The van der Waals surface area contributed by atoms with E-state index in [0.29, 0.717) is 59.2 Å². The average molecular weight is 326 g/mol. The number of carbonyl (C=O) groups is 2. The lowest BCUT2D eigenvalue weighted by Gasteiger charge is -2.35. The Morgan fingerprint density at radius 3 is 1.50 bits per heavy atom. The van der Waals surface area contributed by atoms with Gasteiger partial charge in [-0.3, -0.25) is 0 Å². The van der Waals surface area contributed by atoms with E-state index in [-0.39, 0.29) is 12.2 Å². The zero-order valence-electron chi connectivity index (χ0n) is 13.5. The van der Waals surface area contributed by atoms with Crippen LogP contribution >= 0.6 is 0 Å². The molecule has 0 aromatic rings. The summed E-state index contributed by atoms with van der Waals surface area (Å²) in [5.41, 5.74) is -1.01. The third kappa shape index (κ3) is 0.851. The molecule has 0 N–H and O–H groups in total. The molecule has 8 rings (SSSR count). The summed E-state index contributed by atoms with van der Waals surface area (Å²) in [6.07, 6.45) is 7.52. The van der Waals surface area contributed by atoms with Gasteiger partial charge in [0.15, 0.2) is 12.6 Å². The molecule has 2 heterocycles. The number of hydrogen-bond donors (Lipinski definition) is 0. The summed E-state index contributed by atoms with van der Waals surface area (Å²) in [5, 5.41) is 0. The van der Waals surface area contributed by atoms with E-state index in [1.54, 1.807) is 0 Å². The van der Waals surface area contributed by atoms with Crippen molar-refractivity contribution >= 4 is 12.6 Å². The zero-order valence-corrected chi connectivity index (χ0v) is 13.5. The van der Waals surface area contributed by atoms with E-state index in [1.165, 1.54) is 25.4 Å². The Morgan fingerprint density at radius 1 is 0.625 bits per heavy atom. The quantitative estimate of drug-likeness (QED) is 0.721. The van der Waals surface area contributed by atoms with Gasteiger partial charge in [-0.15, -0.1) is 0 Å². The topological polar surface area (TPSA) is 52.6 Å². The van der Waals surface area contributed by atoms with Crippen molar-refractivity contribution in [1.82, 2.24) is 0 Å². The fourth-order valence-corrected chi connectivity index (χ4v) is 10.8. The minimum absolute atomic E-state index is 0.273. The molecule has 0 amide bonds. The predicted octanol–water partition coefficient (Wildman–Crippen LogP) is 1.46. The maximum absolute atomic E-state index is 12.5. The first kappa shape index (κ1) is 12.6. The van der Waals surface area contributed by atoms with E-state index in [0.717, 1.165) is 12.8 Å². The van der Waals surface area contributed by atoms with Crippen LogP contribution in [0.5, 0.6) is 0 Å². The van der Waals surface area contributed by atoms with Crippen LogP contribution in [-0.2, 0) is 19.1 Å². The minimum atomic E-state index is -0.503. The number of carbonyl (C=O) groups excluding carboxylic acids is 2. The Bertz CT molecular complexity index is 660. The Morgan fingerprint density at radius 2 is 1.08 bits per heavy atom. The summed E-state index contributed by atoms with van der Waals surface area (Å²) in [6.45, 7) is 0. The van der Waals surface area contributed by atoms with Crippen LogP contribution in [0.2, 0.25) is 0 Å². The molecule has 14 atom stereocenters. The normalized spacial score (nSPS) is 76.8. The molecule has 6 saturated carbocycles. The maximum Gasteiger partial charge on any atom is 0.152 e. The maximum atomic E-state index is 12.5. The highest BCUT2D eigenvalue weighted by molar-refractivity contribution is 5.73. The number of fused-ring (bicyclic) bond motifs is 4. The molecule has 0 aromatic carbocycles. The molecule has 4 heteroatoms. The Hall–Kier alpha value is -0.740. The van der Waals surface area contributed by atoms with Gasteiger partial charge in [-0.05, 0) is 61.2 Å². The second-order valence-corrected chi connectivity index (χ2v) is 10.2. The smallest absolute Gasteiger partial charge is 0.152 e. The van der Waals surface area contributed by atoms with Gasteiger partial charge in [0, 0.05) is 23.7 Å². The molecule has 8 fully saturated rings. The van der Waals surface area contributed by atoms with E-state index in [1.807, 2.05) is 0 Å². The van der Waals surface area contributed by atoms with Crippen LogP contribution < -0.4 is 0 Å². The number of rotatable bonds is 2. The minimum Gasteiger partial charge on any atom is -0.363 e. The average Bonchev–Trinajstić information content (AvgIpc) is 3.36. The molecular formula is C20H22O4. The largest absolute Gasteiger partial charge is 0.363 e. The first-order valence-electron chi connectivity index (χ1n) is 10.0. The van der Waals surface area contributed by atoms with Crippen LogP contribution in [0.1, 0.15) is 25.7 Å². The molecule has 0 spiro atoms. The number of hydrogen-bond acceptors (Lipinski definition) is 4. The van der Waals surface area contributed by atoms with E-state index in [4.69, 9.17) is 9.47 Å². The number of aldehydes is 2. The molecular weight excluding hydrogens is 304 g/mol. The summed E-state index contributed by atoms with van der Waals surface area (Å²) >= 11 is 0. The van der Waals surface area contributed by atoms with Crippen molar-refractivity contribution in [2.45, 2.75) is 49.1 Å². The van der Waals surface area contributed by atoms with Crippen LogP contribution in [0.4, 0.5) is 0 Å². The Balaban J connectivity index is 1.47. The molecule has 4 nitrogen and oxygen atoms in total. The summed E-state index contributed by atoms with van der Waals surface area (Å²) in [4.78, 5) is 24.9. The van der Waals surface area contributed by atoms with E-state index in [9.17, 15) is 9.59 Å². The van der Waals surface area contributed by atoms with Crippen LogP contribution in [-0.4, -0.2) is 36.0 Å². The van der Waals surface area contributed by atoms with Crippen molar-refractivity contribution in [3.05, 3.63) is 0 Å². The van der Waals surface area contributed by atoms with E-state index < -0.39 is 11.2 Å². The molecule has 6 aliphatic carbocycles. The highest BCUT2D eigenvalue weighted by atomic mass is 16.5. The summed E-state index contributed by atoms with van der Waals surface area (Å²) in [5.74, 6) is 4.72. The second kappa shape index (κ2) is 3.29. The molecule has 8 aliphatic rings. The fourth-order valence-electron chi connectivity index (χ4n) is 10.8. The van der Waals surface area contributed by atoms with Crippen LogP contribution in [0.3, 0.4) is 0 Å². The third-order valence-corrected chi connectivity index (χ3v) is 10.4. The van der Waals surface area contributed by atoms with Gasteiger partial charge >= 0.3 is 0 Å². The van der Waals surface area contributed by atoms with Crippen LogP contribution in [0, 0.1) is 59.2 Å². The molecule has 0 bridgehead atoms. The van der Waals surface area contributed by atoms with Gasteiger partial charge in [0.05, 0.1) is 12.2 Å². The lowest BCUT2D eigenvalue weighted by Crippen LogP contribution is -2.46. The molecule has 126 valence electrons. The van der Waals surface area contributed by atoms with Crippen molar-refractivity contribution in [2.24, 2.45) is 59.2 Å². The monoisotopic (exact) mass is 326 g/mol. The summed E-state index contributed by atoms with van der Waals surface area (Å²) < 4.78 is 13.3. The van der Waals surface area contributed by atoms with Crippen molar-refractivity contribution < 1.29 is 19.1 Å². The molecule has 2 aliphatic heterocycles. The summed E-state index contributed by atoms with van der Waals surface area (Å²) in [7, 11) is 0. The van der Waals surface area contributed by atoms with Crippen molar-refractivity contribution in [3.8, 4) is 0 Å². The molecule has 13 unspecified atom stereocenters. The van der Waals surface area contributed by atoms with E-state index in [2.05, 4.69) is 0 Å². The van der Waals surface area contributed by atoms with Crippen molar-refractivity contribution in [3.63, 3.8) is 0 Å². The highest BCUT2D eigenvalue weighted by Crippen LogP contribution is 2.85. The molecule has 2 saturated heterocycles. The SMILES string of the molecule is O=CC12OC3CCC4C3C1C1C3C2C2CCC5O[C@](C=O)(C41)C3C52.